The van der Waals surface area contributed by atoms with Gasteiger partial charge in [0.25, 0.3) is 0 Å². The molecule has 0 atom stereocenters. The highest BCUT2D eigenvalue weighted by Crippen LogP contribution is 2.20. The van der Waals surface area contributed by atoms with Crippen LogP contribution in [0, 0.1) is 13.8 Å². The molecule has 0 bridgehead atoms. The summed E-state index contributed by atoms with van der Waals surface area (Å²) >= 11 is 3.14. The summed E-state index contributed by atoms with van der Waals surface area (Å²) in [6.45, 7) is 5.80. The monoisotopic (exact) mass is 374 g/mol. The van der Waals surface area contributed by atoms with E-state index in [-0.39, 0.29) is 13.2 Å². The van der Waals surface area contributed by atoms with E-state index in [1.165, 1.54) is 32.5 Å². The number of ether oxygens (including phenoxy) is 2. The Morgan fingerprint density at radius 2 is 1.70 bits per heavy atom. The maximum atomic E-state index is 11.5. The Bertz CT molecular complexity index is 471. The Balaban J connectivity index is -0.000000299. The Morgan fingerprint density at radius 3 is 1.96 bits per heavy atom. The molecule has 0 aliphatic carbocycles. The van der Waals surface area contributed by atoms with Crippen molar-refractivity contribution in [2.24, 2.45) is 0 Å². The van der Waals surface area contributed by atoms with Gasteiger partial charge in [0, 0.05) is 31.8 Å². The van der Waals surface area contributed by atoms with Crippen LogP contribution in [0.1, 0.15) is 27.1 Å². The van der Waals surface area contributed by atoms with E-state index in [9.17, 15) is 13.2 Å². The first-order valence-electron chi connectivity index (χ1n) is 7.52. The van der Waals surface area contributed by atoms with Gasteiger partial charge in [-0.2, -0.15) is 13.2 Å². The molecule has 0 spiro atoms. The first-order valence-corrected chi connectivity index (χ1v) is 8.28. The Kier molecular flexibility index (Phi) is 12.8. The first kappa shape index (κ1) is 21.9. The minimum Gasteiger partial charge on any atom is -0.483 e. The lowest BCUT2D eigenvalue weighted by Crippen LogP contribution is -2.18. The number of rotatable bonds is 3. The maximum Gasteiger partial charge on any atom is 0.422 e. The van der Waals surface area contributed by atoms with E-state index >= 15 is 0 Å². The van der Waals surface area contributed by atoms with Crippen molar-refractivity contribution in [1.29, 1.82) is 0 Å². The van der Waals surface area contributed by atoms with Crippen molar-refractivity contribution in [2.75, 3.05) is 20.3 Å². The number of thiophene rings is 2. The average molecular weight is 375 g/mol. The third kappa shape index (κ3) is 15.6. The zero-order valence-electron chi connectivity index (χ0n) is 15.1. The van der Waals surface area contributed by atoms with Gasteiger partial charge >= 0.3 is 6.18 Å². The van der Waals surface area contributed by atoms with Crippen molar-refractivity contribution in [2.45, 2.75) is 34.4 Å². The molecule has 0 amide bonds. The molecule has 2 nitrogen and oxygen atoms in total. The molecule has 136 valence electrons. The van der Waals surface area contributed by atoms with Gasteiger partial charge < -0.3 is 9.47 Å². The van der Waals surface area contributed by atoms with Crippen LogP contribution < -0.4 is 4.74 Å². The van der Waals surface area contributed by atoms with E-state index < -0.39 is 12.8 Å². The Hall–Kier alpha value is -1.05. The normalized spacial score (nSPS) is 10.0. The molecule has 0 aliphatic heterocycles. The van der Waals surface area contributed by atoms with Crippen LogP contribution in [0.15, 0.2) is 29.0 Å². The zero-order valence-corrected chi connectivity index (χ0v) is 14.7. The van der Waals surface area contributed by atoms with Crippen LogP contribution in [0.5, 0.6) is 5.75 Å². The Morgan fingerprint density at radius 1 is 1.17 bits per heavy atom. The van der Waals surface area contributed by atoms with Gasteiger partial charge in [-0.1, -0.05) is 7.43 Å². The lowest BCUT2D eigenvalue weighted by atomic mass is 10.5. The van der Waals surface area contributed by atoms with Crippen LogP contribution >= 0.6 is 22.7 Å². The molecule has 0 unspecified atom stereocenters. The molecular formula is C16H27F3O2S2. The fourth-order valence-electron chi connectivity index (χ4n) is 1.06. The molecule has 0 saturated carbocycles. The summed E-state index contributed by atoms with van der Waals surface area (Å²) in [5.41, 5.74) is 0. The topological polar surface area (TPSA) is 18.5 Å². The number of aryl methyl sites for hydroxylation is 2. The van der Waals surface area contributed by atoms with Crippen molar-refractivity contribution in [1.82, 2.24) is 0 Å². The summed E-state index contributed by atoms with van der Waals surface area (Å²) < 4.78 is 53.5. The van der Waals surface area contributed by atoms with Gasteiger partial charge in [0.15, 0.2) is 6.61 Å². The summed E-state index contributed by atoms with van der Waals surface area (Å²) in [5, 5.41) is 3.18. The van der Waals surface area contributed by atoms with Crippen molar-refractivity contribution in [3.05, 3.63) is 38.7 Å². The second-order valence-electron chi connectivity index (χ2n) is 4.10. The van der Waals surface area contributed by atoms with E-state index in [2.05, 4.69) is 35.5 Å². The molecule has 0 saturated heterocycles. The molecule has 2 aromatic rings. The number of alkyl halides is 3. The van der Waals surface area contributed by atoms with Crippen molar-refractivity contribution in [3.63, 3.8) is 0 Å². The molecule has 0 aliphatic rings. The standard InChI is InChI=1S/C6H5F3OS.C6H8S.C3H8O.CH4.H2/c7-6(8,9)4-10-5-1-2-11-3-5;1-5-3-4-6(2)7-5;1-3-4-2;;/h1-3H,4H2;3-4H,1-2H3;3H2,1-2H3;1H4;1H/i;;;;1+1D. The predicted molar refractivity (Wildman–Crippen MR) is 96.1 cm³/mol. The highest BCUT2D eigenvalue weighted by atomic mass is 32.1. The van der Waals surface area contributed by atoms with Crippen molar-refractivity contribution in [3.8, 4) is 5.75 Å². The molecule has 0 N–H and O–H groups in total. The van der Waals surface area contributed by atoms with Crippen LogP contribution in [0.2, 0.25) is 0 Å². The molecule has 0 aromatic carbocycles. The predicted octanol–water partition coefficient (Wildman–Crippen LogP) is 6.59. The van der Waals surface area contributed by atoms with Crippen molar-refractivity contribution >= 4 is 22.7 Å². The van der Waals surface area contributed by atoms with E-state index in [0.717, 1.165) is 6.61 Å². The van der Waals surface area contributed by atoms with Crippen LogP contribution in [0.4, 0.5) is 13.2 Å². The number of methoxy groups -OCH3 is 1. The van der Waals surface area contributed by atoms with Gasteiger partial charge in [-0.3, -0.25) is 0 Å². The van der Waals surface area contributed by atoms with E-state index in [0.29, 0.717) is 0 Å². The molecule has 2 heterocycles. The molecule has 0 fully saturated rings. The quantitative estimate of drug-likeness (QED) is 0.603. The van der Waals surface area contributed by atoms with Crippen molar-refractivity contribution < 1.29 is 25.6 Å². The number of hydrogen-bond acceptors (Lipinski definition) is 4. The largest absolute Gasteiger partial charge is 0.483 e. The Labute approximate surface area is 148 Å². The van der Waals surface area contributed by atoms with Gasteiger partial charge in [0.05, 0.1) is 0 Å². The highest BCUT2D eigenvalue weighted by molar-refractivity contribution is 7.11. The summed E-state index contributed by atoms with van der Waals surface area (Å²) in [6.07, 6.45) is -4.25. The van der Waals surface area contributed by atoms with Gasteiger partial charge in [0.2, 0.25) is 0 Å². The van der Waals surface area contributed by atoms with E-state index in [4.69, 9.17) is 2.97 Å². The summed E-state index contributed by atoms with van der Waals surface area (Å²) in [4.78, 5) is 2.80. The van der Waals surface area contributed by atoms with Gasteiger partial charge in [-0.15, -0.1) is 22.7 Å². The highest BCUT2D eigenvalue weighted by Gasteiger charge is 2.28. The van der Waals surface area contributed by atoms with E-state index in [1.54, 1.807) is 12.5 Å². The molecule has 2 aromatic heterocycles. The lowest BCUT2D eigenvalue weighted by Gasteiger charge is -2.06. The summed E-state index contributed by atoms with van der Waals surface area (Å²) in [5.74, 6) is 0.271. The molecule has 7 heteroatoms. The molecule has 2 rings (SSSR count). The summed E-state index contributed by atoms with van der Waals surface area (Å²) in [7, 11) is 1.68. The van der Waals surface area contributed by atoms with Gasteiger partial charge in [-0.05, 0) is 44.4 Å². The van der Waals surface area contributed by atoms with Crippen LogP contribution in [0.3, 0.4) is 0 Å². The zero-order chi connectivity index (χ0) is 19.0. The minimum absolute atomic E-state index is 0. The smallest absolute Gasteiger partial charge is 0.422 e. The second-order valence-corrected chi connectivity index (χ2v) is 6.37. The van der Waals surface area contributed by atoms with Crippen LogP contribution in [0.25, 0.3) is 0 Å². The third-order valence-corrected chi connectivity index (χ3v) is 3.64. The van der Waals surface area contributed by atoms with Crippen LogP contribution in [-0.2, 0) is 4.74 Å². The van der Waals surface area contributed by atoms with E-state index in [1.807, 2.05) is 18.3 Å². The fourth-order valence-corrected chi connectivity index (χ4v) is 2.41. The van der Waals surface area contributed by atoms with Gasteiger partial charge in [-0.25, -0.2) is 0 Å². The maximum absolute atomic E-state index is 11.5. The van der Waals surface area contributed by atoms with Crippen LogP contribution in [-0.4, -0.2) is 26.5 Å². The third-order valence-electron chi connectivity index (χ3n) is 2.06. The summed E-state index contributed by atoms with van der Waals surface area (Å²) in [6, 6.07) is 5.77. The lowest BCUT2D eigenvalue weighted by molar-refractivity contribution is -0.153. The minimum atomic E-state index is -4.25. The number of hydrogen-bond donors (Lipinski definition) is 0. The first-order chi connectivity index (χ1) is 11.3. The molecular weight excluding hydrogens is 345 g/mol. The molecule has 0 radical (unpaired) electrons. The fraction of sp³-hybridized carbons (Fsp3) is 0.500. The molecule has 23 heavy (non-hydrogen) atoms. The SMILES string of the molecule is C.CCOC.Cc1ccc(C)s1.FC(F)(F)COc1ccsc1.[2H][2H]. The second kappa shape index (κ2) is 13.4. The average Bonchev–Trinajstić information content (AvgIpc) is 3.19. The number of halogens is 3. The van der Waals surface area contributed by atoms with Gasteiger partial charge in [0.1, 0.15) is 5.75 Å².